The minimum atomic E-state index is -4.01. The van der Waals surface area contributed by atoms with E-state index in [1.807, 2.05) is 0 Å². The molecule has 3 rings (SSSR count). The molecule has 33 heavy (non-hydrogen) atoms. The van der Waals surface area contributed by atoms with Crippen LogP contribution in [0.5, 0.6) is 5.75 Å². The predicted molar refractivity (Wildman–Crippen MR) is 125 cm³/mol. The van der Waals surface area contributed by atoms with Crippen molar-refractivity contribution in [3.8, 4) is 5.75 Å². The summed E-state index contributed by atoms with van der Waals surface area (Å²) in [5, 5.41) is 3.16. The van der Waals surface area contributed by atoms with E-state index in [1.54, 1.807) is 49.4 Å². The molecule has 3 aromatic rings. The van der Waals surface area contributed by atoms with Crippen molar-refractivity contribution >= 4 is 44.9 Å². The van der Waals surface area contributed by atoms with Gasteiger partial charge < -0.3 is 14.8 Å². The molecule has 0 radical (unpaired) electrons. The number of carbonyl (C=O) groups is 2. The summed E-state index contributed by atoms with van der Waals surface area (Å²) >= 11 is 5.89. The second-order valence-electron chi connectivity index (χ2n) is 6.92. The van der Waals surface area contributed by atoms with E-state index in [1.165, 1.54) is 31.4 Å². The van der Waals surface area contributed by atoms with E-state index in [2.05, 4.69) is 10.0 Å². The van der Waals surface area contributed by atoms with Gasteiger partial charge in [-0.15, -0.1) is 0 Å². The van der Waals surface area contributed by atoms with Gasteiger partial charge in [-0.25, -0.2) is 13.2 Å². The van der Waals surface area contributed by atoms with Crippen LogP contribution in [-0.4, -0.2) is 34.0 Å². The molecule has 0 spiro atoms. The van der Waals surface area contributed by atoms with Gasteiger partial charge in [-0.1, -0.05) is 29.8 Å². The van der Waals surface area contributed by atoms with E-state index in [0.717, 1.165) is 5.56 Å². The normalized spacial score (nSPS) is 10.9. The van der Waals surface area contributed by atoms with Crippen LogP contribution in [0.4, 0.5) is 11.4 Å². The van der Waals surface area contributed by atoms with Gasteiger partial charge in [-0.05, 0) is 61.0 Å². The average Bonchev–Trinajstić information content (AvgIpc) is 2.79. The van der Waals surface area contributed by atoms with Gasteiger partial charge in [0.25, 0.3) is 15.9 Å². The molecule has 8 nitrogen and oxygen atoms in total. The molecule has 10 heteroatoms. The second-order valence-corrected chi connectivity index (χ2v) is 9.04. The number of methoxy groups -OCH3 is 1. The quantitative estimate of drug-likeness (QED) is 0.458. The van der Waals surface area contributed by atoms with Gasteiger partial charge in [-0.2, -0.15) is 0 Å². The minimum absolute atomic E-state index is 0.0200. The van der Waals surface area contributed by atoms with E-state index in [9.17, 15) is 18.0 Å². The number of hydrogen-bond acceptors (Lipinski definition) is 6. The van der Waals surface area contributed by atoms with Crippen molar-refractivity contribution in [1.29, 1.82) is 0 Å². The molecule has 0 aliphatic carbocycles. The number of carbonyl (C=O) groups excluding carboxylic acids is 2. The molecular weight excluding hydrogens is 468 g/mol. The van der Waals surface area contributed by atoms with Gasteiger partial charge >= 0.3 is 5.97 Å². The SMILES string of the molecule is COc1ccccc1NS(=O)(=O)c1cccc(C(=O)OCC(=O)Nc2ccc(Cl)cc2C)c1. The number of aryl methyl sites for hydroxylation is 1. The van der Waals surface area contributed by atoms with Crippen LogP contribution in [0.15, 0.2) is 71.6 Å². The van der Waals surface area contributed by atoms with Crippen LogP contribution in [0.2, 0.25) is 5.02 Å². The van der Waals surface area contributed by atoms with Gasteiger partial charge in [0, 0.05) is 10.7 Å². The first-order valence-corrected chi connectivity index (χ1v) is 11.5. The molecule has 0 aliphatic heterocycles. The minimum Gasteiger partial charge on any atom is -0.495 e. The maximum absolute atomic E-state index is 12.8. The number of halogens is 1. The van der Waals surface area contributed by atoms with Crippen molar-refractivity contribution in [2.24, 2.45) is 0 Å². The third kappa shape index (κ3) is 6.24. The monoisotopic (exact) mass is 488 g/mol. The maximum atomic E-state index is 12.8. The summed E-state index contributed by atoms with van der Waals surface area (Å²) in [6.45, 7) is 1.23. The summed E-state index contributed by atoms with van der Waals surface area (Å²) in [4.78, 5) is 24.4. The molecule has 172 valence electrons. The van der Waals surface area contributed by atoms with Crippen LogP contribution in [-0.2, 0) is 19.6 Å². The first-order chi connectivity index (χ1) is 15.7. The van der Waals surface area contributed by atoms with Gasteiger partial charge in [0.15, 0.2) is 6.61 Å². The van der Waals surface area contributed by atoms with Crippen molar-refractivity contribution in [2.45, 2.75) is 11.8 Å². The number of ether oxygens (including phenoxy) is 2. The third-order valence-corrected chi connectivity index (χ3v) is 6.13. The number of hydrogen-bond donors (Lipinski definition) is 2. The number of sulfonamides is 1. The highest BCUT2D eigenvalue weighted by Crippen LogP contribution is 2.26. The molecule has 3 aromatic carbocycles. The number of nitrogens with one attached hydrogen (secondary N) is 2. The smallest absolute Gasteiger partial charge is 0.338 e. The van der Waals surface area contributed by atoms with Crippen molar-refractivity contribution in [2.75, 3.05) is 23.8 Å². The Balaban J connectivity index is 1.67. The summed E-state index contributed by atoms with van der Waals surface area (Å²) in [7, 11) is -2.59. The lowest BCUT2D eigenvalue weighted by atomic mass is 10.2. The van der Waals surface area contributed by atoms with E-state index in [0.29, 0.717) is 16.5 Å². The van der Waals surface area contributed by atoms with E-state index >= 15 is 0 Å². The fourth-order valence-corrected chi connectivity index (χ4v) is 4.23. The Labute approximate surface area is 196 Å². The van der Waals surface area contributed by atoms with Crippen LogP contribution in [0.1, 0.15) is 15.9 Å². The molecule has 0 aliphatic rings. The van der Waals surface area contributed by atoms with Crippen LogP contribution in [0.3, 0.4) is 0 Å². The van der Waals surface area contributed by atoms with Crippen LogP contribution < -0.4 is 14.8 Å². The summed E-state index contributed by atoms with van der Waals surface area (Å²) in [6, 6.07) is 16.8. The summed E-state index contributed by atoms with van der Waals surface area (Å²) < 4.78 is 38.2. The third-order valence-electron chi connectivity index (χ3n) is 4.53. The molecule has 0 aromatic heterocycles. The topological polar surface area (TPSA) is 111 Å². The largest absolute Gasteiger partial charge is 0.495 e. The van der Waals surface area contributed by atoms with Crippen molar-refractivity contribution in [3.05, 3.63) is 82.9 Å². The number of esters is 1. The molecular formula is C23H21ClN2O6S. The molecule has 0 saturated carbocycles. The van der Waals surface area contributed by atoms with Crippen LogP contribution in [0, 0.1) is 6.92 Å². The number of anilines is 2. The Kier molecular flexibility index (Phi) is 7.57. The van der Waals surface area contributed by atoms with Gasteiger partial charge in [0.1, 0.15) is 5.75 Å². The predicted octanol–water partition coefficient (Wildman–Crippen LogP) is 4.25. The lowest BCUT2D eigenvalue weighted by Crippen LogP contribution is -2.21. The van der Waals surface area contributed by atoms with Gasteiger partial charge in [-0.3, -0.25) is 9.52 Å². The lowest BCUT2D eigenvalue weighted by molar-refractivity contribution is -0.119. The zero-order valence-electron chi connectivity index (χ0n) is 17.8. The van der Waals surface area contributed by atoms with E-state index < -0.39 is 28.5 Å². The first-order valence-electron chi connectivity index (χ1n) is 9.68. The van der Waals surface area contributed by atoms with Gasteiger partial charge in [0.2, 0.25) is 0 Å². The molecule has 2 N–H and O–H groups in total. The standard InChI is InChI=1S/C23H21ClN2O6S/c1-15-12-17(24)10-11-19(15)25-22(27)14-32-23(28)16-6-5-7-18(13-16)33(29,30)26-20-8-3-4-9-21(20)31-2/h3-13,26H,14H2,1-2H3,(H,25,27). The molecule has 0 bridgehead atoms. The summed E-state index contributed by atoms with van der Waals surface area (Å²) in [6.07, 6.45) is 0. The Hall–Kier alpha value is -3.56. The Morgan fingerprint density at radius 1 is 0.970 bits per heavy atom. The fourth-order valence-electron chi connectivity index (χ4n) is 2.89. The zero-order chi connectivity index (χ0) is 24.0. The first kappa shape index (κ1) is 24.1. The zero-order valence-corrected chi connectivity index (χ0v) is 19.4. The van der Waals surface area contributed by atoms with Crippen molar-refractivity contribution < 1.29 is 27.5 Å². The Morgan fingerprint density at radius 2 is 1.73 bits per heavy atom. The lowest BCUT2D eigenvalue weighted by Gasteiger charge is -2.12. The number of para-hydroxylation sites is 2. The summed E-state index contributed by atoms with van der Waals surface area (Å²) in [5.41, 5.74) is 1.52. The highest BCUT2D eigenvalue weighted by atomic mass is 35.5. The molecule has 0 atom stereocenters. The molecule has 1 amide bonds. The highest BCUT2D eigenvalue weighted by molar-refractivity contribution is 7.92. The summed E-state index contributed by atoms with van der Waals surface area (Å²) in [5.74, 6) is -1.04. The van der Waals surface area contributed by atoms with Crippen molar-refractivity contribution in [1.82, 2.24) is 0 Å². The number of rotatable bonds is 8. The second kappa shape index (κ2) is 10.4. The molecule has 0 unspecified atom stereocenters. The molecule has 0 saturated heterocycles. The average molecular weight is 489 g/mol. The van der Waals surface area contributed by atoms with E-state index in [-0.39, 0.29) is 16.1 Å². The molecule has 0 fully saturated rings. The molecule has 0 heterocycles. The van der Waals surface area contributed by atoms with Crippen LogP contribution in [0.25, 0.3) is 0 Å². The Morgan fingerprint density at radius 3 is 2.45 bits per heavy atom. The number of amides is 1. The van der Waals surface area contributed by atoms with Gasteiger partial charge in [0.05, 0.1) is 23.3 Å². The maximum Gasteiger partial charge on any atom is 0.338 e. The van der Waals surface area contributed by atoms with Crippen LogP contribution >= 0.6 is 11.6 Å². The number of benzene rings is 3. The van der Waals surface area contributed by atoms with E-state index in [4.69, 9.17) is 21.1 Å². The Bertz CT molecular complexity index is 1290. The fraction of sp³-hybridized carbons (Fsp3) is 0.130. The van der Waals surface area contributed by atoms with Crippen molar-refractivity contribution in [3.63, 3.8) is 0 Å². The highest BCUT2D eigenvalue weighted by Gasteiger charge is 2.19.